The van der Waals surface area contributed by atoms with Gasteiger partial charge in [0.15, 0.2) is 4.34 Å². The molecule has 1 aromatic heterocycles. The second-order valence-corrected chi connectivity index (χ2v) is 6.11. The van der Waals surface area contributed by atoms with E-state index in [1.54, 1.807) is 0 Å². The van der Waals surface area contributed by atoms with E-state index in [-0.39, 0.29) is 11.7 Å². The Morgan fingerprint density at radius 1 is 1.33 bits per heavy atom. The van der Waals surface area contributed by atoms with Gasteiger partial charge < -0.3 is 10.6 Å². The second-order valence-electron chi connectivity index (χ2n) is 3.91. The number of nitrogens with one attached hydrogen (secondary N) is 2. The minimum atomic E-state index is -0.108. The van der Waals surface area contributed by atoms with Gasteiger partial charge in [-0.25, -0.2) is 0 Å². The van der Waals surface area contributed by atoms with E-state index in [0.29, 0.717) is 18.1 Å². The number of anilines is 2. The number of benzene rings is 1. The van der Waals surface area contributed by atoms with E-state index in [0.717, 1.165) is 10.0 Å². The first-order chi connectivity index (χ1) is 10.3. The number of hydrogen-bond acceptors (Lipinski definition) is 7. The molecule has 0 fully saturated rings. The van der Waals surface area contributed by atoms with Crippen molar-refractivity contribution in [3.63, 3.8) is 0 Å². The molecule has 0 saturated carbocycles. The molecule has 0 bridgehead atoms. The molecular formula is C13H13N5OS2. The third kappa shape index (κ3) is 5.41. The Labute approximate surface area is 130 Å². The highest BCUT2D eigenvalue weighted by atomic mass is 32.2. The maximum Gasteiger partial charge on any atom is 0.230 e. The minimum absolute atomic E-state index is 0.108. The lowest BCUT2D eigenvalue weighted by atomic mass is 10.3. The van der Waals surface area contributed by atoms with Crippen LogP contribution >= 0.6 is 23.1 Å². The first-order valence-electron chi connectivity index (χ1n) is 6.20. The summed E-state index contributed by atoms with van der Waals surface area (Å²) in [5.74, 6) is 0.161. The molecule has 0 spiro atoms. The fourth-order valence-corrected chi connectivity index (χ4v) is 3.00. The fraction of sp³-hybridized carbons (Fsp3) is 0.231. The van der Waals surface area contributed by atoms with Gasteiger partial charge in [-0.15, -0.1) is 10.2 Å². The van der Waals surface area contributed by atoms with Crippen molar-refractivity contribution in [1.29, 1.82) is 5.26 Å². The molecule has 0 aliphatic rings. The lowest BCUT2D eigenvalue weighted by Crippen LogP contribution is -2.25. The quantitative estimate of drug-likeness (QED) is 0.601. The molecule has 2 rings (SSSR count). The van der Waals surface area contributed by atoms with E-state index in [1.165, 1.54) is 23.1 Å². The SMILES string of the molecule is N#CCCNC(=O)CSc1nnc(Nc2ccccc2)s1. The molecule has 1 aromatic carbocycles. The topological polar surface area (TPSA) is 90.7 Å². The highest BCUT2D eigenvalue weighted by Crippen LogP contribution is 2.27. The Balaban J connectivity index is 1.78. The summed E-state index contributed by atoms with van der Waals surface area (Å²) in [6.07, 6.45) is 0.320. The van der Waals surface area contributed by atoms with Gasteiger partial charge in [0.25, 0.3) is 0 Å². The number of carbonyl (C=O) groups excluding carboxylic acids is 1. The number of carbonyl (C=O) groups is 1. The van der Waals surface area contributed by atoms with Gasteiger partial charge in [-0.1, -0.05) is 41.3 Å². The molecule has 2 N–H and O–H groups in total. The van der Waals surface area contributed by atoms with Gasteiger partial charge in [-0.05, 0) is 12.1 Å². The number of thioether (sulfide) groups is 1. The van der Waals surface area contributed by atoms with Crippen molar-refractivity contribution >= 4 is 39.8 Å². The Hall–Kier alpha value is -2.11. The van der Waals surface area contributed by atoms with Gasteiger partial charge in [0, 0.05) is 12.2 Å². The van der Waals surface area contributed by atoms with Crippen LogP contribution in [0.4, 0.5) is 10.8 Å². The lowest BCUT2D eigenvalue weighted by Gasteiger charge is -2.00. The highest BCUT2D eigenvalue weighted by molar-refractivity contribution is 8.01. The lowest BCUT2D eigenvalue weighted by molar-refractivity contribution is -0.118. The zero-order valence-electron chi connectivity index (χ0n) is 11.1. The van der Waals surface area contributed by atoms with Gasteiger partial charge >= 0.3 is 0 Å². The van der Waals surface area contributed by atoms with Gasteiger partial charge in [0.05, 0.1) is 18.2 Å². The average Bonchev–Trinajstić information content (AvgIpc) is 2.94. The molecule has 1 heterocycles. The predicted octanol–water partition coefficient (Wildman–Crippen LogP) is 2.40. The van der Waals surface area contributed by atoms with Crippen LogP contribution < -0.4 is 10.6 Å². The number of nitrogens with zero attached hydrogens (tertiary/aromatic N) is 3. The molecule has 8 heteroatoms. The normalized spacial score (nSPS) is 9.86. The van der Waals surface area contributed by atoms with Crippen LogP contribution in [0.25, 0.3) is 0 Å². The van der Waals surface area contributed by atoms with E-state index in [4.69, 9.17) is 5.26 Å². The van der Waals surface area contributed by atoms with E-state index in [1.807, 2.05) is 36.4 Å². The van der Waals surface area contributed by atoms with Crippen LogP contribution in [0.3, 0.4) is 0 Å². The Kier molecular flexibility index (Phi) is 5.99. The van der Waals surface area contributed by atoms with Crippen LogP contribution in [0.15, 0.2) is 34.7 Å². The monoisotopic (exact) mass is 319 g/mol. The number of amides is 1. The minimum Gasteiger partial charge on any atom is -0.354 e. The van der Waals surface area contributed by atoms with Crippen LogP contribution in [0.2, 0.25) is 0 Å². The van der Waals surface area contributed by atoms with E-state index < -0.39 is 0 Å². The largest absolute Gasteiger partial charge is 0.354 e. The maximum absolute atomic E-state index is 11.5. The number of para-hydroxylation sites is 1. The van der Waals surface area contributed by atoms with Gasteiger partial charge in [0.2, 0.25) is 11.0 Å². The molecule has 0 unspecified atom stereocenters. The van der Waals surface area contributed by atoms with E-state index in [2.05, 4.69) is 20.8 Å². The van der Waals surface area contributed by atoms with Crippen molar-refractivity contribution in [3.8, 4) is 6.07 Å². The number of rotatable bonds is 7. The van der Waals surface area contributed by atoms with Crippen LogP contribution in [0.5, 0.6) is 0 Å². The average molecular weight is 319 g/mol. The summed E-state index contributed by atoms with van der Waals surface area (Å²) in [6.45, 7) is 0.382. The molecule has 0 atom stereocenters. The van der Waals surface area contributed by atoms with E-state index in [9.17, 15) is 4.79 Å². The summed E-state index contributed by atoms with van der Waals surface area (Å²) in [5.41, 5.74) is 0.944. The van der Waals surface area contributed by atoms with Crippen molar-refractivity contribution in [2.24, 2.45) is 0 Å². The molecular weight excluding hydrogens is 306 g/mol. The van der Waals surface area contributed by atoms with Crippen LogP contribution in [0, 0.1) is 11.3 Å². The second kappa shape index (κ2) is 8.24. The summed E-state index contributed by atoms with van der Waals surface area (Å²) in [5, 5.41) is 22.9. The van der Waals surface area contributed by atoms with Crippen molar-refractivity contribution < 1.29 is 4.79 Å². The number of nitriles is 1. The fourth-order valence-electron chi connectivity index (χ4n) is 1.40. The van der Waals surface area contributed by atoms with Gasteiger partial charge in [-0.3, -0.25) is 4.79 Å². The van der Waals surface area contributed by atoms with Crippen molar-refractivity contribution in [2.45, 2.75) is 10.8 Å². The smallest absolute Gasteiger partial charge is 0.230 e. The summed E-state index contributed by atoms with van der Waals surface area (Å²) in [7, 11) is 0. The summed E-state index contributed by atoms with van der Waals surface area (Å²) >= 11 is 2.72. The predicted molar refractivity (Wildman–Crippen MR) is 83.6 cm³/mol. The van der Waals surface area contributed by atoms with Crippen molar-refractivity contribution in [3.05, 3.63) is 30.3 Å². The summed E-state index contributed by atoms with van der Waals surface area (Å²) in [6, 6.07) is 11.7. The van der Waals surface area contributed by atoms with Crippen LogP contribution in [0.1, 0.15) is 6.42 Å². The molecule has 1 amide bonds. The first kappa shape index (κ1) is 15.3. The van der Waals surface area contributed by atoms with Crippen molar-refractivity contribution in [2.75, 3.05) is 17.6 Å². The Morgan fingerprint density at radius 3 is 2.90 bits per heavy atom. The third-order valence-electron chi connectivity index (χ3n) is 2.32. The molecule has 0 aliphatic carbocycles. The van der Waals surface area contributed by atoms with Gasteiger partial charge in [0.1, 0.15) is 0 Å². The van der Waals surface area contributed by atoms with Gasteiger partial charge in [-0.2, -0.15) is 5.26 Å². The first-order valence-corrected chi connectivity index (χ1v) is 8.00. The zero-order chi connectivity index (χ0) is 14.9. The molecule has 108 valence electrons. The summed E-state index contributed by atoms with van der Waals surface area (Å²) in [4.78, 5) is 11.5. The number of aromatic nitrogens is 2. The van der Waals surface area contributed by atoms with E-state index >= 15 is 0 Å². The molecule has 6 nitrogen and oxygen atoms in total. The summed E-state index contributed by atoms with van der Waals surface area (Å²) < 4.78 is 0.726. The highest BCUT2D eigenvalue weighted by Gasteiger charge is 2.08. The zero-order valence-corrected chi connectivity index (χ0v) is 12.7. The maximum atomic E-state index is 11.5. The van der Waals surface area contributed by atoms with Crippen LogP contribution in [-0.2, 0) is 4.79 Å². The van der Waals surface area contributed by atoms with Crippen LogP contribution in [-0.4, -0.2) is 28.4 Å². The third-order valence-corrected chi connectivity index (χ3v) is 4.29. The standard InChI is InChI=1S/C13H13N5OS2/c14-7-4-8-15-11(19)9-20-13-18-17-12(21-13)16-10-5-2-1-3-6-10/h1-3,5-6H,4,8-9H2,(H,15,19)(H,16,17). The van der Waals surface area contributed by atoms with Crippen molar-refractivity contribution in [1.82, 2.24) is 15.5 Å². The number of hydrogen-bond donors (Lipinski definition) is 2. The molecule has 0 radical (unpaired) electrons. The molecule has 0 aliphatic heterocycles. The molecule has 0 saturated heterocycles. The Bertz CT molecular complexity index is 623. The molecule has 2 aromatic rings. The molecule has 21 heavy (non-hydrogen) atoms. The Morgan fingerprint density at radius 2 is 2.14 bits per heavy atom.